The Morgan fingerprint density at radius 2 is 2.00 bits per heavy atom. The highest BCUT2D eigenvalue weighted by Gasteiger charge is 2.33. The van der Waals surface area contributed by atoms with Gasteiger partial charge >= 0.3 is 0 Å². The molecule has 0 N–H and O–H groups in total. The van der Waals surface area contributed by atoms with Gasteiger partial charge in [0.05, 0.1) is 44.1 Å². The normalized spacial score (nSPS) is 19.5. The molecule has 0 bridgehead atoms. The summed E-state index contributed by atoms with van der Waals surface area (Å²) in [4.78, 5) is 32.5. The van der Waals surface area contributed by atoms with E-state index in [2.05, 4.69) is 4.90 Å². The number of ether oxygens (including phenoxy) is 2. The van der Waals surface area contributed by atoms with E-state index in [0.29, 0.717) is 25.4 Å². The largest absolute Gasteiger partial charge is 0.467 e. The van der Waals surface area contributed by atoms with Gasteiger partial charge in [0.2, 0.25) is 11.8 Å². The number of carbonyl (C=O) groups excluding carboxylic acids is 2. The van der Waals surface area contributed by atoms with E-state index in [9.17, 15) is 9.59 Å². The smallest absolute Gasteiger partial charge is 0.242 e. The van der Waals surface area contributed by atoms with Crippen LogP contribution in [0.25, 0.3) is 0 Å². The Hall–Kier alpha value is -1.61. The fraction of sp³-hybridized carbons (Fsp3) is 0.750. The molecular formula is C24H38ClN3O5. The second-order valence-electron chi connectivity index (χ2n) is 9.54. The summed E-state index contributed by atoms with van der Waals surface area (Å²) in [7, 11) is 0. The van der Waals surface area contributed by atoms with E-state index >= 15 is 0 Å². The number of hydrogen-bond acceptors (Lipinski definition) is 6. The Morgan fingerprint density at radius 3 is 2.64 bits per heavy atom. The highest BCUT2D eigenvalue weighted by atomic mass is 35.5. The van der Waals surface area contributed by atoms with Crippen LogP contribution in [-0.4, -0.2) is 97.6 Å². The van der Waals surface area contributed by atoms with Crippen molar-refractivity contribution in [2.24, 2.45) is 5.41 Å². The Labute approximate surface area is 202 Å². The Kier molecular flexibility index (Phi) is 10.0. The van der Waals surface area contributed by atoms with Gasteiger partial charge in [0, 0.05) is 45.2 Å². The van der Waals surface area contributed by atoms with Crippen LogP contribution in [0.4, 0.5) is 0 Å². The van der Waals surface area contributed by atoms with Crippen LogP contribution < -0.4 is 0 Å². The summed E-state index contributed by atoms with van der Waals surface area (Å²) in [5.74, 6) is 0.717. The first-order valence-electron chi connectivity index (χ1n) is 12.0. The molecule has 3 rings (SSSR count). The van der Waals surface area contributed by atoms with Crippen LogP contribution in [0.15, 0.2) is 22.8 Å². The van der Waals surface area contributed by atoms with Crippen molar-refractivity contribution in [1.29, 1.82) is 0 Å². The molecule has 2 fully saturated rings. The molecule has 186 valence electrons. The van der Waals surface area contributed by atoms with E-state index in [-0.39, 0.29) is 30.3 Å². The topological polar surface area (TPSA) is 75.5 Å². The molecule has 33 heavy (non-hydrogen) atoms. The maximum Gasteiger partial charge on any atom is 0.242 e. The van der Waals surface area contributed by atoms with E-state index in [1.807, 2.05) is 26.0 Å². The molecule has 0 spiro atoms. The van der Waals surface area contributed by atoms with Gasteiger partial charge in [-0.3, -0.25) is 14.5 Å². The van der Waals surface area contributed by atoms with E-state index in [1.165, 1.54) is 0 Å². The van der Waals surface area contributed by atoms with E-state index < -0.39 is 5.41 Å². The third kappa shape index (κ3) is 7.98. The number of alkyl halides is 1. The minimum atomic E-state index is -0.735. The van der Waals surface area contributed by atoms with Gasteiger partial charge in [-0.1, -0.05) is 0 Å². The zero-order valence-electron chi connectivity index (χ0n) is 20.0. The van der Waals surface area contributed by atoms with Crippen molar-refractivity contribution in [3.05, 3.63) is 24.2 Å². The Balaban J connectivity index is 1.65. The SMILES string of the molecule is CC(C)(CCl)C(=O)N(CCCN1CCOCC1)CC(=O)N(Cc1ccco1)CC1CCCO1. The number of amides is 2. The van der Waals surface area contributed by atoms with E-state index in [0.717, 1.165) is 58.7 Å². The lowest BCUT2D eigenvalue weighted by Crippen LogP contribution is -2.49. The number of halogens is 1. The quantitative estimate of drug-likeness (QED) is 0.425. The van der Waals surface area contributed by atoms with Crippen molar-refractivity contribution >= 4 is 23.4 Å². The van der Waals surface area contributed by atoms with Gasteiger partial charge in [-0.2, -0.15) is 0 Å². The van der Waals surface area contributed by atoms with Gasteiger partial charge in [0.25, 0.3) is 0 Å². The fourth-order valence-corrected chi connectivity index (χ4v) is 4.30. The fourth-order valence-electron chi connectivity index (χ4n) is 4.19. The minimum absolute atomic E-state index is 0.0219. The maximum absolute atomic E-state index is 13.4. The van der Waals surface area contributed by atoms with Crippen LogP contribution in [-0.2, 0) is 25.6 Å². The number of hydrogen-bond donors (Lipinski definition) is 0. The van der Waals surface area contributed by atoms with Gasteiger partial charge < -0.3 is 23.7 Å². The molecule has 2 aliphatic heterocycles. The van der Waals surface area contributed by atoms with Gasteiger partial charge in [-0.25, -0.2) is 0 Å². The molecule has 1 aromatic rings. The number of rotatable bonds is 12. The van der Waals surface area contributed by atoms with Crippen LogP contribution in [0.5, 0.6) is 0 Å². The first-order valence-corrected chi connectivity index (χ1v) is 12.5. The van der Waals surface area contributed by atoms with E-state index in [1.54, 1.807) is 16.1 Å². The lowest BCUT2D eigenvalue weighted by atomic mass is 9.94. The van der Waals surface area contributed by atoms with E-state index in [4.69, 9.17) is 25.5 Å². The third-order valence-electron chi connectivity index (χ3n) is 6.26. The molecule has 0 aliphatic carbocycles. The molecule has 3 heterocycles. The van der Waals surface area contributed by atoms with Crippen molar-refractivity contribution in [2.45, 2.75) is 45.8 Å². The van der Waals surface area contributed by atoms with Crippen molar-refractivity contribution < 1.29 is 23.5 Å². The summed E-state index contributed by atoms with van der Waals surface area (Å²) in [6.07, 6.45) is 4.36. The van der Waals surface area contributed by atoms with Gasteiger partial charge in [0.15, 0.2) is 0 Å². The highest BCUT2D eigenvalue weighted by Crippen LogP contribution is 2.22. The predicted octanol–water partition coefficient (Wildman–Crippen LogP) is 2.60. The number of nitrogens with zero attached hydrogens (tertiary/aromatic N) is 3. The second kappa shape index (κ2) is 12.7. The highest BCUT2D eigenvalue weighted by molar-refractivity contribution is 6.19. The molecule has 0 saturated carbocycles. The standard InChI is InChI=1S/C24H38ClN3O5/c1-24(2,19-25)23(30)27(9-5-8-26-10-14-31-15-11-26)18-22(29)28(16-20-6-3-12-32-20)17-21-7-4-13-33-21/h3,6,12,21H,4-5,7-11,13-19H2,1-2H3. The predicted molar refractivity (Wildman–Crippen MR) is 126 cm³/mol. The zero-order chi connectivity index (χ0) is 23.7. The average molecular weight is 484 g/mol. The van der Waals surface area contributed by atoms with Gasteiger partial charge in [0.1, 0.15) is 5.76 Å². The van der Waals surface area contributed by atoms with Crippen molar-refractivity contribution in [3.8, 4) is 0 Å². The summed E-state index contributed by atoms with van der Waals surface area (Å²) in [6.45, 7) is 9.93. The lowest BCUT2D eigenvalue weighted by molar-refractivity contribution is -0.146. The van der Waals surface area contributed by atoms with Crippen molar-refractivity contribution in [2.75, 3.05) is 65.0 Å². The molecule has 1 atom stereocenters. The van der Waals surface area contributed by atoms with Crippen LogP contribution in [0.1, 0.15) is 38.9 Å². The molecule has 2 amide bonds. The monoisotopic (exact) mass is 483 g/mol. The zero-order valence-corrected chi connectivity index (χ0v) is 20.7. The third-order valence-corrected chi connectivity index (χ3v) is 6.93. The first kappa shape index (κ1) is 26.0. The Morgan fingerprint density at radius 1 is 1.21 bits per heavy atom. The Bertz CT molecular complexity index is 730. The van der Waals surface area contributed by atoms with Gasteiger partial charge in [-0.15, -0.1) is 11.6 Å². The molecule has 9 heteroatoms. The summed E-state index contributed by atoms with van der Waals surface area (Å²) in [5.41, 5.74) is -0.735. The molecule has 0 radical (unpaired) electrons. The van der Waals surface area contributed by atoms with Crippen molar-refractivity contribution in [3.63, 3.8) is 0 Å². The number of carbonyl (C=O) groups is 2. The number of furan rings is 1. The molecule has 8 nitrogen and oxygen atoms in total. The van der Waals surface area contributed by atoms with Crippen molar-refractivity contribution in [1.82, 2.24) is 14.7 Å². The average Bonchev–Trinajstić information content (AvgIpc) is 3.52. The van der Waals surface area contributed by atoms with Gasteiger partial charge in [-0.05, 0) is 45.2 Å². The lowest BCUT2D eigenvalue weighted by Gasteiger charge is -2.33. The number of morpholine rings is 1. The molecular weight excluding hydrogens is 446 g/mol. The summed E-state index contributed by atoms with van der Waals surface area (Å²) in [5, 5.41) is 0. The molecule has 1 unspecified atom stereocenters. The van der Waals surface area contributed by atoms with Crippen LogP contribution >= 0.6 is 11.6 Å². The first-order chi connectivity index (χ1) is 15.9. The summed E-state index contributed by atoms with van der Waals surface area (Å²) >= 11 is 6.10. The summed E-state index contributed by atoms with van der Waals surface area (Å²) in [6, 6.07) is 3.67. The second-order valence-corrected chi connectivity index (χ2v) is 9.81. The van der Waals surface area contributed by atoms with Crippen LogP contribution in [0, 0.1) is 5.41 Å². The molecule has 1 aromatic heterocycles. The van der Waals surface area contributed by atoms with Crippen LogP contribution in [0.3, 0.4) is 0 Å². The molecule has 2 saturated heterocycles. The maximum atomic E-state index is 13.4. The molecule has 0 aromatic carbocycles. The minimum Gasteiger partial charge on any atom is -0.467 e. The summed E-state index contributed by atoms with van der Waals surface area (Å²) < 4.78 is 16.7. The molecule has 2 aliphatic rings. The van der Waals surface area contributed by atoms with Crippen LogP contribution in [0.2, 0.25) is 0 Å².